The molecule has 1 aromatic carbocycles. The minimum absolute atomic E-state index is 0.0117. The first-order valence-corrected chi connectivity index (χ1v) is 4.94. The van der Waals surface area contributed by atoms with Crippen LogP contribution < -0.4 is 11.5 Å². The molecule has 0 aliphatic heterocycles. The molecule has 0 bridgehead atoms. The summed E-state index contributed by atoms with van der Waals surface area (Å²) in [7, 11) is 0. The quantitative estimate of drug-likeness (QED) is 0.672. The lowest BCUT2D eigenvalue weighted by Crippen LogP contribution is -2.27. The molecule has 0 aromatic heterocycles. The van der Waals surface area contributed by atoms with Gasteiger partial charge in [0.05, 0.1) is 0 Å². The maximum atomic E-state index is 6.16. The first-order chi connectivity index (χ1) is 6.32. The first kappa shape index (κ1) is 11.1. The fraction of sp³-hybridized carbons (Fsp3) is 0.500. The number of hydrogen-bond donors (Lipinski definition) is 2. The van der Waals surface area contributed by atoms with E-state index < -0.39 is 0 Å². The van der Waals surface area contributed by atoms with Crippen molar-refractivity contribution in [2.75, 3.05) is 5.73 Å². The van der Waals surface area contributed by atoms with E-state index in [0.29, 0.717) is 0 Å². The third kappa shape index (κ3) is 2.26. The van der Waals surface area contributed by atoms with Crippen LogP contribution in [-0.4, -0.2) is 0 Å². The Morgan fingerprint density at radius 1 is 1.21 bits per heavy atom. The number of anilines is 1. The van der Waals surface area contributed by atoms with Crippen molar-refractivity contribution in [2.24, 2.45) is 11.1 Å². The number of benzene rings is 1. The van der Waals surface area contributed by atoms with Crippen LogP contribution in [0.2, 0.25) is 0 Å². The van der Waals surface area contributed by atoms with Gasteiger partial charge in [-0.2, -0.15) is 0 Å². The van der Waals surface area contributed by atoms with E-state index in [1.54, 1.807) is 0 Å². The summed E-state index contributed by atoms with van der Waals surface area (Å²) in [5, 5.41) is 0. The van der Waals surface area contributed by atoms with Gasteiger partial charge in [0.25, 0.3) is 0 Å². The molecule has 14 heavy (non-hydrogen) atoms. The van der Waals surface area contributed by atoms with Crippen molar-refractivity contribution in [1.82, 2.24) is 0 Å². The van der Waals surface area contributed by atoms with Gasteiger partial charge in [0.1, 0.15) is 0 Å². The molecule has 1 rings (SSSR count). The topological polar surface area (TPSA) is 52.0 Å². The normalized spacial score (nSPS) is 14.1. The minimum Gasteiger partial charge on any atom is -0.398 e. The maximum Gasteiger partial charge on any atom is 0.0364 e. The predicted octanol–water partition coefficient (Wildman–Crippen LogP) is 2.62. The third-order valence-electron chi connectivity index (χ3n) is 2.51. The van der Waals surface area contributed by atoms with Crippen molar-refractivity contribution < 1.29 is 0 Å². The number of nitrogen functional groups attached to an aromatic ring is 1. The predicted molar refractivity (Wildman–Crippen MR) is 62.0 cm³/mol. The fourth-order valence-corrected chi connectivity index (χ4v) is 1.43. The van der Waals surface area contributed by atoms with Crippen LogP contribution in [0.25, 0.3) is 0 Å². The van der Waals surface area contributed by atoms with Gasteiger partial charge in [-0.05, 0) is 24.0 Å². The second-order valence-electron chi connectivity index (χ2n) is 4.98. The van der Waals surface area contributed by atoms with E-state index in [2.05, 4.69) is 33.8 Å². The van der Waals surface area contributed by atoms with Crippen LogP contribution in [0.1, 0.15) is 37.9 Å². The SMILES string of the molecule is Cc1ccc(N)c(C(N)C(C)(C)C)c1. The lowest BCUT2D eigenvalue weighted by Gasteiger charge is -2.28. The zero-order chi connectivity index (χ0) is 10.9. The van der Waals surface area contributed by atoms with Gasteiger partial charge in [0.2, 0.25) is 0 Å². The molecule has 0 aliphatic carbocycles. The molecule has 4 N–H and O–H groups in total. The molecule has 0 aliphatic rings. The Bertz CT molecular complexity index is 324. The molecule has 0 saturated carbocycles. The van der Waals surface area contributed by atoms with E-state index in [-0.39, 0.29) is 11.5 Å². The largest absolute Gasteiger partial charge is 0.398 e. The molecule has 0 spiro atoms. The van der Waals surface area contributed by atoms with E-state index in [1.807, 2.05) is 12.1 Å². The molecule has 0 radical (unpaired) electrons. The fourth-order valence-electron chi connectivity index (χ4n) is 1.43. The van der Waals surface area contributed by atoms with Crippen LogP contribution in [-0.2, 0) is 0 Å². The van der Waals surface area contributed by atoms with Crippen molar-refractivity contribution in [2.45, 2.75) is 33.7 Å². The van der Waals surface area contributed by atoms with Gasteiger partial charge in [-0.15, -0.1) is 0 Å². The highest BCUT2D eigenvalue weighted by molar-refractivity contribution is 5.50. The highest BCUT2D eigenvalue weighted by Crippen LogP contribution is 2.33. The Balaban J connectivity index is 3.12. The van der Waals surface area contributed by atoms with Crippen molar-refractivity contribution in [3.8, 4) is 0 Å². The summed E-state index contributed by atoms with van der Waals surface area (Å²) in [6.07, 6.45) is 0. The molecule has 0 saturated heterocycles. The van der Waals surface area contributed by atoms with E-state index in [4.69, 9.17) is 11.5 Å². The Morgan fingerprint density at radius 2 is 1.79 bits per heavy atom. The molecule has 2 heteroatoms. The van der Waals surface area contributed by atoms with Crippen LogP contribution in [0.4, 0.5) is 5.69 Å². The summed E-state index contributed by atoms with van der Waals surface area (Å²) in [4.78, 5) is 0. The lowest BCUT2D eigenvalue weighted by molar-refractivity contribution is 0.327. The number of aryl methyl sites for hydroxylation is 1. The lowest BCUT2D eigenvalue weighted by atomic mass is 9.82. The Kier molecular flexibility index (Phi) is 2.86. The summed E-state index contributed by atoms with van der Waals surface area (Å²) in [6.45, 7) is 8.43. The second-order valence-corrected chi connectivity index (χ2v) is 4.98. The first-order valence-electron chi connectivity index (χ1n) is 4.94. The zero-order valence-electron chi connectivity index (χ0n) is 9.46. The summed E-state index contributed by atoms with van der Waals surface area (Å²) < 4.78 is 0. The van der Waals surface area contributed by atoms with Gasteiger partial charge < -0.3 is 11.5 Å². The molecule has 1 unspecified atom stereocenters. The van der Waals surface area contributed by atoms with Crippen LogP contribution in [0.5, 0.6) is 0 Å². The standard InChI is InChI=1S/C12H20N2/c1-8-5-6-10(13)9(7-8)11(14)12(2,3)4/h5-7,11H,13-14H2,1-4H3. The van der Waals surface area contributed by atoms with Crippen LogP contribution in [0, 0.1) is 12.3 Å². The van der Waals surface area contributed by atoms with Gasteiger partial charge in [0, 0.05) is 11.7 Å². The third-order valence-corrected chi connectivity index (χ3v) is 2.51. The molecular formula is C12H20N2. The minimum atomic E-state index is -0.0117. The van der Waals surface area contributed by atoms with Gasteiger partial charge in [-0.3, -0.25) is 0 Å². The Morgan fingerprint density at radius 3 is 2.29 bits per heavy atom. The molecule has 78 valence electrons. The average Bonchev–Trinajstić information content (AvgIpc) is 2.06. The Labute approximate surface area is 86.3 Å². The molecule has 0 amide bonds. The van der Waals surface area contributed by atoms with E-state index in [0.717, 1.165) is 11.3 Å². The summed E-state index contributed by atoms with van der Waals surface area (Å²) >= 11 is 0. The summed E-state index contributed by atoms with van der Waals surface area (Å²) in [5.74, 6) is 0. The number of rotatable bonds is 1. The molecular weight excluding hydrogens is 172 g/mol. The van der Waals surface area contributed by atoms with Gasteiger partial charge >= 0.3 is 0 Å². The average molecular weight is 192 g/mol. The second kappa shape index (κ2) is 3.62. The molecule has 1 atom stereocenters. The maximum absolute atomic E-state index is 6.16. The van der Waals surface area contributed by atoms with E-state index in [1.165, 1.54) is 5.56 Å². The van der Waals surface area contributed by atoms with Gasteiger partial charge in [-0.1, -0.05) is 38.5 Å². The van der Waals surface area contributed by atoms with Crippen LogP contribution in [0.15, 0.2) is 18.2 Å². The smallest absolute Gasteiger partial charge is 0.0364 e. The van der Waals surface area contributed by atoms with Crippen molar-refractivity contribution in [1.29, 1.82) is 0 Å². The summed E-state index contributed by atoms with van der Waals surface area (Å²) in [5.41, 5.74) is 15.2. The van der Waals surface area contributed by atoms with Gasteiger partial charge in [-0.25, -0.2) is 0 Å². The molecule has 0 fully saturated rings. The molecule has 2 nitrogen and oxygen atoms in total. The van der Waals surface area contributed by atoms with E-state index >= 15 is 0 Å². The van der Waals surface area contributed by atoms with Crippen molar-refractivity contribution in [3.63, 3.8) is 0 Å². The van der Waals surface area contributed by atoms with Crippen LogP contribution in [0.3, 0.4) is 0 Å². The highest BCUT2D eigenvalue weighted by atomic mass is 14.7. The number of nitrogens with two attached hydrogens (primary N) is 2. The molecule has 1 aromatic rings. The highest BCUT2D eigenvalue weighted by Gasteiger charge is 2.23. The zero-order valence-corrected chi connectivity index (χ0v) is 9.46. The monoisotopic (exact) mass is 192 g/mol. The van der Waals surface area contributed by atoms with E-state index in [9.17, 15) is 0 Å². The van der Waals surface area contributed by atoms with Crippen molar-refractivity contribution in [3.05, 3.63) is 29.3 Å². The summed E-state index contributed by atoms with van der Waals surface area (Å²) in [6, 6.07) is 6.00. The van der Waals surface area contributed by atoms with Crippen LogP contribution >= 0.6 is 0 Å². The van der Waals surface area contributed by atoms with Gasteiger partial charge in [0.15, 0.2) is 0 Å². The Hall–Kier alpha value is -1.02. The number of hydrogen-bond acceptors (Lipinski definition) is 2. The van der Waals surface area contributed by atoms with Crippen molar-refractivity contribution >= 4 is 5.69 Å². The molecule has 0 heterocycles.